The minimum absolute atomic E-state index is 0.134. The molecule has 31 heavy (non-hydrogen) atoms. The molecule has 0 heterocycles. The van der Waals surface area contributed by atoms with Crippen molar-refractivity contribution in [1.29, 1.82) is 0 Å². The van der Waals surface area contributed by atoms with Crippen molar-refractivity contribution in [2.45, 2.75) is 67.9 Å². The number of hydrogen-bond acceptors (Lipinski definition) is 1. The van der Waals surface area contributed by atoms with Gasteiger partial charge in [0.05, 0.1) is 6.10 Å². The van der Waals surface area contributed by atoms with E-state index in [9.17, 15) is 5.11 Å². The van der Waals surface area contributed by atoms with Gasteiger partial charge in [-0.25, -0.2) is 0 Å². The van der Waals surface area contributed by atoms with E-state index < -0.39 is 0 Å². The highest BCUT2D eigenvalue weighted by Crippen LogP contribution is 2.41. The summed E-state index contributed by atoms with van der Waals surface area (Å²) in [7, 11) is 0. The molecule has 1 aliphatic rings. The fraction of sp³-hybridized carbons (Fsp3) is 0.400. The maximum atomic E-state index is 10.3. The van der Waals surface area contributed by atoms with Gasteiger partial charge in [-0.1, -0.05) is 121 Å². The van der Waals surface area contributed by atoms with Crippen LogP contribution in [0, 0.1) is 11.3 Å². The van der Waals surface area contributed by atoms with E-state index in [2.05, 4.69) is 134 Å². The summed E-state index contributed by atoms with van der Waals surface area (Å²) in [4.78, 5) is 0. The van der Waals surface area contributed by atoms with Gasteiger partial charge in [-0.3, -0.25) is 0 Å². The van der Waals surface area contributed by atoms with Crippen LogP contribution in [0.15, 0.2) is 107 Å². The minimum atomic E-state index is -0.289. The van der Waals surface area contributed by atoms with E-state index in [1.165, 1.54) is 27.9 Å². The second-order valence-electron chi connectivity index (χ2n) is 9.44. The first-order valence-electron chi connectivity index (χ1n) is 11.3. The predicted octanol–water partition coefficient (Wildman–Crippen LogP) is 8.37. The average molecular weight is 419 g/mol. The summed E-state index contributed by atoms with van der Waals surface area (Å²) in [6, 6.07) is 0. The van der Waals surface area contributed by atoms with Gasteiger partial charge in [0.25, 0.3) is 0 Å². The van der Waals surface area contributed by atoms with Crippen LogP contribution in [0.25, 0.3) is 0 Å². The molecule has 168 valence electrons. The molecule has 1 unspecified atom stereocenters. The van der Waals surface area contributed by atoms with E-state index >= 15 is 0 Å². The number of aliphatic hydroxyl groups is 1. The van der Waals surface area contributed by atoms with Crippen LogP contribution in [-0.2, 0) is 0 Å². The molecular formula is C30H42O. The summed E-state index contributed by atoms with van der Waals surface area (Å²) in [6.45, 7) is 17.0. The molecule has 0 aromatic carbocycles. The largest absolute Gasteiger partial charge is 0.392 e. The van der Waals surface area contributed by atoms with Crippen LogP contribution in [0.1, 0.15) is 61.8 Å². The summed E-state index contributed by atoms with van der Waals surface area (Å²) >= 11 is 0. The van der Waals surface area contributed by atoms with Gasteiger partial charge >= 0.3 is 0 Å². The summed E-state index contributed by atoms with van der Waals surface area (Å²) < 4.78 is 0. The topological polar surface area (TPSA) is 20.2 Å². The van der Waals surface area contributed by atoms with E-state index in [-0.39, 0.29) is 17.4 Å². The van der Waals surface area contributed by atoms with E-state index in [0.29, 0.717) is 0 Å². The molecular weight excluding hydrogens is 376 g/mol. The van der Waals surface area contributed by atoms with Gasteiger partial charge < -0.3 is 5.11 Å². The first-order valence-corrected chi connectivity index (χ1v) is 11.3. The summed E-state index contributed by atoms with van der Waals surface area (Å²) in [5.41, 5.74) is 6.13. The third-order valence-electron chi connectivity index (χ3n) is 5.70. The molecule has 1 nitrogen and oxygen atoms in total. The Morgan fingerprint density at radius 1 is 0.806 bits per heavy atom. The first-order chi connectivity index (χ1) is 14.5. The average Bonchev–Trinajstić information content (AvgIpc) is 2.68. The van der Waals surface area contributed by atoms with Gasteiger partial charge in [-0.15, -0.1) is 0 Å². The molecule has 1 heteroatoms. The highest BCUT2D eigenvalue weighted by molar-refractivity contribution is 5.32. The fourth-order valence-electron chi connectivity index (χ4n) is 3.50. The predicted molar refractivity (Wildman–Crippen MR) is 139 cm³/mol. The summed E-state index contributed by atoms with van der Waals surface area (Å²) in [5, 5.41) is 10.3. The lowest BCUT2D eigenvalue weighted by atomic mass is 9.67. The van der Waals surface area contributed by atoms with Crippen molar-refractivity contribution in [3.63, 3.8) is 0 Å². The monoisotopic (exact) mass is 418 g/mol. The van der Waals surface area contributed by atoms with Crippen molar-refractivity contribution in [3.05, 3.63) is 107 Å². The molecule has 1 N–H and O–H groups in total. The van der Waals surface area contributed by atoms with E-state index in [1.807, 2.05) is 0 Å². The lowest BCUT2D eigenvalue weighted by Crippen LogP contribution is -2.39. The van der Waals surface area contributed by atoms with Crippen LogP contribution in [0.5, 0.6) is 0 Å². The van der Waals surface area contributed by atoms with Crippen molar-refractivity contribution in [1.82, 2.24) is 0 Å². The Morgan fingerprint density at radius 3 is 1.84 bits per heavy atom. The Morgan fingerprint density at radius 2 is 1.29 bits per heavy atom. The molecule has 0 spiro atoms. The van der Waals surface area contributed by atoms with Crippen LogP contribution in [0.3, 0.4) is 0 Å². The zero-order valence-corrected chi connectivity index (χ0v) is 20.8. The molecule has 0 saturated carbocycles. The lowest BCUT2D eigenvalue weighted by molar-refractivity contribution is 0.0244. The van der Waals surface area contributed by atoms with Gasteiger partial charge in [0.15, 0.2) is 0 Å². The Labute approximate surface area is 191 Å². The summed E-state index contributed by atoms with van der Waals surface area (Å²) in [5.74, 6) is 0.267. The molecule has 0 radical (unpaired) electrons. The molecule has 0 aliphatic heterocycles. The minimum Gasteiger partial charge on any atom is -0.392 e. The molecule has 0 fully saturated rings. The molecule has 1 rings (SSSR count). The van der Waals surface area contributed by atoms with E-state index in [0.717, 1.165) is 6.42 Å². The van der Waals surface area contributed by atoms with Crippen LogP contribution in [0.4, 0.5) is 0 Å². The second kappa shape index (κ2) is 13.1. The maximum absolute atomic E-state index is 10.3. The lowest BCUT2D eigenvalue weighted by Gasteiger charge is -2.40. The Kier molecular flexibility index (Phi) is 11.3. The van der Waals surface area contributed by atoms with Crippen molar-refractivity contribution in [2.75, 3.05) is 0 Å². The molecule has 0 aromatic heterocycles. The quantitative estimate of drug-likeness (QED) is 0.310. The molecule has 2 atom stereocenters. The van der Waals surface area contributed by atoms with Crippen LogP contribution >= 0.6 is 0 Å². The smallest absolute Gasteiger partial charge is 0.0634 e. The molecule has 1 aliphatic carbocycles. The van der Waals surface area contributed by atoms with Crippen LogP contribution < -0.4 is 0 Å². The van der Waals surface area contributed by atoms with Gasteiger partial charge in [0.2, 0.25) is 0 Å². The SMILES string of the molecule is CC(C)=C/C=C/C(C)=C/C=C/C=C(C)/C=C/C=C(C)/C=C/[C@@H]1C(C)=CCC(O)C1(C)C. The van der Waals surface area contributed by atoms with Gasteiger partial charge in [-0.2, -0.15) is 0 Å². The maximum Gasteiger partial charge on any atom is 0.0634 e. The molecule has 0 aromatic rings. The van der Waals surface area contributed by atoms with Crippen LogP contribution in [0.2, 0.25) is 0 Å². The van der Waals surface area contributed by atoms with Crippen molar-refractivity contribution in [2.24, 2.45) is 11.3 Å². The van der Waals surface area contributed by atoms with Gasteiger partial charge in [-0.05, 0) is 48.0 Å². The van der Waals surface area contributed by atoms with Crippen molar-refractivity contribution >= 4 is 0 Å². The van der Waals surface area contributed by atoms with Gasteiger partial charge in [0, 0.05) is 11.3 Å². The summed E-state index contributed by atoms with van der Waals surface area (Å²) in [6.07, 6.45) is 28.0. The highest BCUT2D eigenvalue weighted by Gasteiger charge is 2.37. The molecule has 0 amide bonds. The van der Waals surface area contributed by atoms with Crippen LogP contribution in [-0.4, -0.2) is 11.2 Å². The third-order valence-corrected chi connectivity index (χ3v) is 5.70. The fourth-order valence-corrected chi connectivity index (χ4v) is 3.50. The Balaban J connectivity index is 2.67. The first kappa shape index (κ1) is 26.7. The Hall–Kier alpha value is -2.38. The molecule has 0 saturated heterocycles. The van der Waals surface area contributed by atoms with Crippen molar-refractivity contribution < 1.29 is 5.11 Å². The molecule has 0 bridgehead atoms. The second-order valence-corrected chi connectivity index (χ2v) is 9.44. The highest BCUT2D eigenvalue weighted by atomic mass is 16.3. The standard InChI is InChI=1S/C30H42O/c1-23(2)13-11-16-24(3)14-9-10-15-25(4)17-12-18-26(5)19-21-28-27(6)20-22-29(31)30(28,7)8/h9-21,28-29,31H,22H2,1-8H3/b10-9+,16-11+,17-12+,21-19+,24-14+,25-15+,26-18+/t28-,29?/m1/s1. The number of allylic oxidation sites excluding steroid dienone is 17. The van der Waals surface area contributed by atoms with E-state index in [1.54, 1.807) is 0 Å². The zero-order chi connectivity index (χ0) is 23.4. The number of hydrogen-bond donors (Lipinski definition) is 1. The number of rotatable bonds is 8. The Bertz CT molecular complexity index is 856. The third kappa shape index (κ3) is 9.98. The van der Waals surface area contributed by atoms with Crippen molar-refractivity contribution in [3.8, 4) is 0 Å². The van der Waals surface area contributed by atoms with E-state index in [4.69, 9.17) is 0 Å². The normalized spacial score (nSPS) is 23.4. The number of aliphatic hydroxyl groups excluding tert-OH is 1. The zero-order valence-electron chi connectivity index (χ0n) is 20.8. The van der Waals surface area contributed by atoms with Gasteiger partial charge in [0.1, 0.15) is 0 Å².